The number of fused-ring (bicyclic) bond motifs is 1. The summed E-state index contributed by atoms with van der Waals surface area (Å²) in [5, 5.41) is 9.64. The lowest BCUT2D eigenvalue weighted by atomic mass is 10.1. The predicted molar refractivity (Wildman–Crippen MR) is 90.1 cm³/mol. The van der Waals surface area contributed by atoms with Gasteiger partial charge in [-0.05, 0) is 24.6 Å². The molecule has 1 aliphatic heterocycles. The first-order chi connectivity index (χ1) is 11.7. The molecule has 2 aromatic carbocycles. The van der Waals surface area contributed by atoms with Gasteiger partial charge in [0.25, 0.3) is 5.91 Å². The minimum absolute atomic E-state index is 0. The topological polar surface area (TPSA) is 74.7 Å². The number of amidine groups is 1. The van der Waals surface area contributed by atoms with Gasteiger partial charge < -0.3 is 26.5 Å². The van der Waals surface area contributed by atoms with Crippen LogP contribution in [0.3, 0.4) is 0 Å². The summed E-state index contributed by atoms with van der Waals surface area (Å²) in [5.74, 6) is 1.09. The highest BCUT2D eigenvalue weighted by Crippen LogP contribution is 2.26. The van der Waals surface area contributed by atoms with Gasteiger partial charge in [0.15, 0.2) is 18.1 Å². The van der Waals surface area contributed by atoms with Crippen LogP contribution in [0.15, 0.2) is 48.5 Å². The molecule has 1 amide bonds. The summed E-state index contributed by atoms with van der Waals surface area (Å²) in [7, 11) is 0. The first-order valence-corrected chi connectivity index (χ1v) is 7.77. The third-order valence-corrected chi connectivity index (χ3v) is 3.64. The number of amides is 1. The highest BCUT2D eigenvalue weighted by Gasteiger charge is 2.25. The number of halogens is 1. The van der Waals surface area contributed by atoms with Crippen molar-refractivity contribution in [3.63, 3.8) is 0 Å². The normalized spacial score (nSPS) is 12.2. The van der Waals surface area contributed by atoms with Crippen LogP contribution < -0.4 is 31.9 Å². The van der Waals surface area contributed by atoms with E-state index < -0.39 is 0 Å². The van der Waals surface area contributed by atoms with Crippen LogP contribution in [0.25, 0.3) is 0 Å². The van der Waals surface area contributed by atoms with E-state index in [9.17, 15) is 4.79 Å². The van der Waals surface area contributed by atoms with Gasteiger partial charge in [-0.15, -0.1) is 0 Å². The van der Waals surface area contributed by atoms with Gasteiger partial charge in [0.2, 0.25) is 0 Å². The van der Waals surface area contributed by atoms with Gasteiger partial charge >= 0.3 is 0 Å². The van der Waals surface area contributed by atoms with E-state index in [1.165, 1.54) is 5.01 Å². The predicted octanol–water partition coefficient (Wildman–Crippen LogP) is -0.660. The quantitative estimate of drug-likeness (QED) is 0.670. The van der Waals surface area contributed by atoms with Crippen LogP contribution in [0.2, 0.25) is 0 Å². The molecule has 0 aromatic heterocycles. The lowest BCUT2D eigenvalue weighted by molar-refractivity contribution is -0.126. The Bertz CT molecular complexity index is 767. The largest absolute Gasteiger partial charge is 1.00 e. The Morgan fingerprint density at radius 3 is 2.44 bits per heavy atom. The molecular weight excluding hydrogens is 386 g/mol. The van der Waals surface area contributed by atoms with Gasteiger partial charge in [-0.2, -0.15) is 0 Å². The van der Waals surface area contributed by atoms with Gasteiger partial charge in [0.1, 0.15) is 5.84 Å². The van der Waals surface area contributed by atoms with Crippen molar-refractivity contribution in [2.75, 3.05) is 13.2 Å². The fraction of sp³-hybridized carbons (Fsp3) is 0.222. The Morgan fingerprint density at radius 1 is 1.12 bits per heavy atom. The summed E-state index contributed by atoms with van der Waals surface area (Å²) in [6.45, 7) is 2.75. The molecule has 0 radical (unpaired) electrons. The number of rotatable bonds is 6. The van der Waals surface area contributed by atoms with Crippen LogP contribution in [-0.4, -0.2) is 30.0 Å². The summed E-state index contributed by atoms with van der Waals surface area (Å²) < 4.78 is 11.0. The molecule has 2 aromatic rings. The standard InChI is InChI=1S/C18H19N3O3.BrH/c1-2-23-15-9-5-6-10-16(15)24-12-17(22)20-21-11-13-7-3-4-8-14(13)18(21)19;/h3-10,19H,2,11-12H2,1H3,(H,20,22);1H/p-1. The molecular formula is C18H19BrN3O3-. The molecule has 0 fully saturated rings. The Morgan fingerprint density at radius 2 is 1.76 bits per heavy atom. The molecule has 0 atom stereocenters. The molecule has 7 heteroatoms. The van der Waals surface area contributed by atoms with Crippen LogP contribution in [0.1, 0.15) is 18.1 Å². The number of hydrazine groups is 1. The van der Waals surface area contributed by atoms with E-state index in [0.29, 0.717) is 24.7 Å². The lowest BCUT2D eigenvalue weighted by Crippen LogP contribution is -3.00. The Kier molecular flexibility index (Phi) is 6.41. The molecule has 0 unspecified atom stereocenters. The van der Waals surface area contributed by atoms with E-state index in [1.54, 1.807) is 12.1 Å². The van der Waals surface area contributed by atoms with Crippen molar-refractivity contribution in [2.45, 2.75) is 13.5 Å². The van der Waals surface area contributed by atoms with E-state index in [4.69, 9.17) is 14.9 Å². The van der Waals surface area contributed by atoms with Crippen molar-refractivity contribution in [3.05, 3.63) is 59.7 Å². The van der Waals surface area contributed by atoms with E-state index in [1.807, 2.05) is 43.3 Å². The maximum absolute atomic E-state index is 12.1. The van der Waals surface area contributed by atoms with Crippen molar-refractivity contribution in [1.82, 2.24) is 10.4 Å². The molecule has 2 N–H and O–H groups in total. The number of nitrogens with one attached hydrogen (secondary N) is 2. The summed E-state index contributed by atoms with van der Waals surface area (Å²) in [5.41, 5.74) is 4.55. The Balaban J connectivity index is 0.00000225. The minimum atomic E-state index is -0.321. The molecule has 0 bridgehead atoms. The van der Waals surface area contributed by atoms with Gasteiger partial charge in [0.05, 0.1) is 13.2 Å². The van der Waals surface area contributed by atoms with E-state index >= 15 is 0 Å². The number of para-hydroxylation sites is 2. The fourth-order valence-electron chi connectivity index (χ4n) is 2.55. The molecule has 0 aliphatic carbocycles. The van der Waals surface area contributed by atoms with Gasteiger partial charge in [-0.25, -0.2) is 0 Å². The second-order valence-electron chi connectivity index (χ2n) is 5.30. The lowest BCUT2D eigenvalue weighted by Gasteiger charge is -2.19. The number of nitrogens with zero attached hydrogens (tertiary/aromatic N) is 1. The van der Waals surface area contributed by atoms with Crippen molar-refractivity contribution in [3.8, 4) is 11.5 Å². The number of hydrogen-bond acceptors (Lipinski definition) is 4. The van der Waals surface area contributed by atoms with E-state index in [-0.39, 0.29) is 35.3 Å². The molecule has 3 rings (SSSR count). The van der Waals surface area contributed by atoms with Gasteiger partial charge in [-0.1, -0.05) is 36.4 Å². The SMILES string of the molecule is CCOc1ccccc1OCC(=O)NN1Cc2ccccc2C1=N.[Br-]. The highest BCUT2D eigenvalue weighted by atomic mass is 79.9. The van der Waals surface area contributed by atoms with Crippen molar-refractivity contribution < 1.29 is 31.2 Å². The van der Waals surface area contributed by atoms with Crippen molar-refractivity contribution in [2.24, 2.45) is 0 Å². The first kappa shape index (κ1) is 18.8. The van der Waals surface area contributed by atoms with Crippen LogP contribution in [0.5, 0.6) is 11.5 Å². The van der Waals surface area contributed by atoms with Crippen LogP contribution >= 0.6 is 0 Å². The summed E-state index contributed by atoms with van der Waals surface area (Å²) >= 11 is 0. The van der Waals surface area contributed by atoms with Crippen LogP contribution in [-0.2, 0) is 11.3 Å². The first-order valence-electron chi connectivity index (χ1n) is 7.77. The minimum Gasteiger partial charge on any atom is -1.00 e. The number of carbonyl (C=O) groups is 1. The molecule has 1 aliphatic rings. The zero-order valence-electron chi connectivity index (χ0n) is 13.8. The van der Waals surface area contributed by atoms with Crippen LogP contribution in [0.4, 0.5) is 0 Å². The van der Waals surface area contributed by atoms with E-state index in [0.717, 1.165) is 11.1 Å². The Labute approximate surface area is 157 Å². The maximum Gasteiger partial charge on any atom is 0.276 e. The molecule has 25 heavy (non-hydrogen) atoms. The number of carbonyl (C=O) groups excluding carboxylic acids is 1. The molecule has 132 valence electrons. The van der Waals surface area contributed by atoms with E-state index in [2.05, 4.69) is 5.43 Å². The summed E-state index contributed by atoms with van der Waals surface area (Å²) in [6.07, 6.45) is 0. The van der Waals surface area contributed by atoms with Gasteiger partial charge in [-0.3, -0.25) is 20.6 Å². The zero-order chi connectivity index (χ0) is 16.9. The third kappa shape index (κ3) is 4.30. The van der Waals surface area contributed by atoms with Gasteiger partial charge in [0, 0.05) is 5.56 Å². The molecule has 6 nitrogen and oxygen atoms in total. The zero-order valence-corrected chi connectivity index (χ0v) is 15.4. The third-order valence-electron chi connectivity index (χ3n) is 3.64. The molecule has 0 spiro atoms. The Hall–Kier alpha value is -2.54. The molecule has 0 saturated carbocycles. The summed E-state index contributed by atoms with van der Waals surface area (Å²) in [6, 6.07) is 14.8. The number of ether oxygens (including phenoxy) is 2. The molecule has 1 heterocycles. The molecule has 0 saturated heterocycles. The van der Waals surface area contributed by atoms with Crippen molar-refractivity contribution >= 4 is 11.7 Å². The van der Waals surface area contributed by atoms with Crippen LogP contribution in [0, 0.1) is 5.41 Å². The number of benzene rings is 2. The second-order valence-corrected chi connectivity index (χ2v) is 5.30. The second kappa shape index (κ2) is 8.53. The van der Waals surface area contributed by atoms with Crippen molar-refractivity contribution in [1.29, 1.82) is 5.41 Å². The number of hydrogen-bond donors (Lipinski definition) is 2. The maximum atomic E-state index is 12.1. The highest BCUT2D eigenvalue weighted by molar-refractivity contribution is 6.01. The average molecular weight is 405 g/mol. The monoisotopic (exact) mass is 404 g/mol. The summed E-state index contributed by atoms with van der Waals surface area (Å²) in [4.78, 5) is 12.1. The fourth-order valence-corrected chi connectivity index (χ4v) is 2.55. The smallest absolute Gasteiger partial charge is 0.276 e. The average Bonchev–Trinajstić information content (AvgIpc) is 2.91.